The molecule has 0 radical (unpaired) electrons. The number of sulfonamides is 1. The van der Waals surface area contributed by atoms with E-state index in [1.807, 2.05) is 0 Å². The van der Waals surface area contributed by atoms with E-state index in [2.05, 4.69) is 10.6 Å². The van der Waals surface area contributed by atoms with Crippen molar-refractivity contribution in [1.82, 2.24) is 4.31 Å². The summed E-state index contributed by atoms with van der Waals surface area (Å²) in [5.74, 6) is -0.233. The van der Waals surface area contributed by atoms with Crippen LogP contribution in [0.15, 0.2) is 47.4 Å². The summed E-state index contributed by atoms with van der Waals surface area (Å²) in [7, 11) is -3.53. The number of carbonyl (C=O) groups excluding carboxylic acids is 1. The Morgan fingerprint density at radius 1 is 1.04 bits per heavy atom. The van der Waals surface area contributed by atoms with E-state index < -0.39 is 10.0 Å². The number of hydrogen-bond acceptors (Lipinski definition) is 4. The molecule has 1 aliphatic heterocycles. The molecule has 0 unspecified atom stereocenters. The summed E-state index contributed by atoms with van der Waals surface area (Å²) in [6.45, 7) is 2.93. The number of hydrogen-bond donors (Lipinski definition) is 2. The molecule has 0 saturated carbocycles. The number of nitrogens with one attached hydrogen (secondary N) is 2. The number of carbonyl (C=O) groups is 1. The van der Waals surface area contributed by atoms with Gasteiger partial charge in [0.2, 0.25) is 15.9 Å². The van der Waals surface area contributed by atoms with Crippen LogP contribution in [-0.4, -0.2) is 38.3 Å². The summed E-state index contributed by atoms with van der Waals surface area (Å²) in [6.07, 6.45) is 2.84. The second-order valence-corrected chi connectivity index (χ2v) is 9.20. The van der Waals surface area contributed by atoms with Crippen LogP contribution in [0.3, 0.4) is 0 Å². The van der Waals surface area contributed by atoms with Crippen molar-refractivity contribution in [3.05, 3.63) is 53.1 Å². The minimum atomic E-state index is -3.53. The quantitative estimate of drug-likeness (QED) is 0.742. The molecular formula is C20H24ClN3O3S. The van der Waals surface area contributed by atoms with Gasteiger partial charge in [-0.15, -0.1) is 0 Å². The van der Waals surface area contributed by atoms with Gasteiger partial charge < -0.3 is 10.6 Å². The molecule has 1 saturated heterocycles. The molecule has 6 nitrogen and oxygen atoms in total. The highest BCUT2D eigenvalue weighted by atomic mass is 35.5. The Kier molecular flexibility index (Phi) is 6.59. The Morgan fingerprint density at radius 2 is 1.68 bits per heavy atom. The minimum Gasteiger partial charge on any atom is -0.376 e. The lowest BCUT2D eigenvalue weighted by Crippen LogP contribution is -2.36. The van der Waals surface area contributed by atoms with Crippen molar-refractivity contribution in [1.29, 1.82) is 0 Å². The number of piperidine rings is 1. The summed E-state index contributed by atoms with van der Waals surface area (Å²) in [5.41, 5.74) is 1.93. The molecule has 0 atom stereocenters. The van der Waals surface area contributed by atoms with Crippen LogP contribution in [0.5, 0.6) is 0 Å². The molecule has 1 amide bonds. The second-order valence-electron chi connectivity index (χ2n) is 6.85. The fourth-order valence-corrected chi connectivity index (χ4v) is 5.05. The van der Waals surface area contributed by atoms with E-state index in [1.165, 1.54) is 0 Å². The van der Waals surface area contributed by atoms with Gasteiger partial charge in [0, 0.05) is 29.5 Å². The molecule has 0 aromatic heterocycles. The minimum absolute atomic E-state index is 0.0227. The van der Waals surface area contributed by atoms with Crippen LogP contribution in [0.25, 0.3) is 0 Å². The first kappa shape index (κ1) is 20.6. The van der Waals surface area contributed by atoms with Gasteiger partial charge in [0.1, 0.15) is 0 Å². The fraction of sp³-hybridized carbons (Fsp3) is 0.350. The van der Waals surface area contributed by atoms with Crippen molar-refractivity contribution in [3.8, 4) is 0 Å². The molecule has 1 heterocycles. The number of benzene rings is 2. The Balaban J connectivity index is 1.67. The maximum absolute atomic E-state index is 13.0. The van der Waals surface area contributed by atoms with Crippen molar-refractivity contribution in [2.24, 2.45) is 0 Å². The lowest BCUT2D eigenvalue weighted by Gasteiger charge is -2.26. The van der Waals surface area contributed by atoms with Gasteiger partial charge >= 0.3 is 0 Å². The molecule has 2 aromatic rings. The first-order valence-corrected chi connectivity index (χ1v) is 11.1. The smallest absolute Gasteiger partial charge is 0.243 e. The molecular weight excluding hydrogens is 398 g/mol. The van der Waals surface area contributed by atoms with E-state index in [0.717, 1.165) is 19.3 Å². The predicted octanol–water partition coefficient (Wildman–Crippen LogP) is 3.87. The van der Waals surface area contributed by atoms with E-state index in [9.17, 15) is 13.2 Å². The van der Waals surface area contributed by atoms with Crippen LogP contribution >= 0.6 is 11.6 Å². The summed E-state index contributed by atoms with van der Waals surface area (Å²) in [6, 6.07) is 12.0. The number of anilines is 2. The standard InChI is InChI=1S/C20H24ClN3O3S/c1-15-5-8-18(13-19(15)28(26,27)24-11-3-2-4-12-24)22-14-20(25)23-17-9-6-16(21)7-10-17/h5-10,13,22H,2-4,11-12,14H2,1H3,(H,23,25). The van der Waals surface area contributed by atoms with Crippen LogP contribution in [0.2, 0.25) is 5.02 Å². The van der Waals surface area contributed by atoms with Crippen LogP contribution in [0, 0.1) is 6.92 Å². The number of aryl methyl sites for hydroxylation is 1. The first-order valence-electron chi connectivity index (χ1n) is 9.26. The van der Waals surface area contributed by atoms with Crippen LogP contribution in [0.4, 0.5) is 11.4 Å². The van der Waals surface area contributed by atoms with Gasteiger partial charge in [-0.2, -0.15) is 4.31 Å². The maximum atomic E-state index is 13.0. The van der Waals surface area contributed by atoms with E-state index in [4.69, 9.17) is 11.6 Å². The van der Waals surface area contributed by atoms with Gasteiger partial charge in [-0.3, -0.25) is 4.79 Å². The number of amides is 1. The van der Waals surface area contributed by atoms with Gasteiger partial charge in [-0.05, 0) is 61.7 Å². The van der Waals surface area contributed by atoms with Crippen molar-refractivity contribution >= 4 is 38.9 Å². The zero-order chi connectivity index (χ0) is 20.1. The summed E-state index contributed by atoms with van der Waals surface area (Å²) < 4.78 is 27.5. The van der Waals surface area contributed by atoms with E-state index in [1.54, 1.807) is 53.7 Å². The Bertz CT molecular complexity index is 940. The average Bonchev–Trinajstić information content (AvgIpc) is 2.69. The molecule has 8 heteroatoms. The van der Waals surface area contributed by atoms with Gasteiger partial charge in [-0.1, -0.05) is 24.1 Å². The molecule has 2 aromatic carbocycles. The van der Waals surface area contributed by atoms with Crippen molar-refractivity contribution in [2.45, 2.75) is 31.1 Å². The Hall–Kier alpha value is -2.09. The molecule has 150 valence electrons. The third-order valence-electron chi connectivity index (χ3n) is 4.70. The fourth-order valence-electron chi connectivity index (χ4n) is 3.15. The highest BCUT2D eigenvalue weighted by Crippen LogP contribution is 2.26. The SMILES string of the molecule is Cc1ccc(NCC(=O)Nc2ccc(Cl)cc2)cc1S(=O)(=O)N1CCCCC1. The highest BCUT2D eigenvalue weighted by molar-refractivity contribution is 7.89. The molecule has 0 bridgehead atoms. The molecule has 1 fully saturated rings. The summed E-state index contributed by atoms with van der Waals surface area (Å²) in [5, 5.41) is 6.35. The van der Waals surface area contributed by atoms with Crippen LogP contribution in [-0.2, 0) is 14.8 Å². The predicted molar refractivity (Wildman–Crippen MR) is 112 cm³/mol. The Labute approximate surface area is 170 Å². The highest BCUT2D eigenvalue weighted by Gasteiger charge is 2.27. The number of nitrogens with zero attached hydrogens (tertiary/aromatic N) is 1. The normalized spacial score (nSPS) is 15.2. The van der Waals surface area contributed by atoms with E-state index in [-0.39, 0.29) is 17.3 Å². The van der Waals surface area contributed by atoms with E-state index >= 15 is 0 Å². The second kappa shape index (κ2) is 8.94. The molecule has 3 rings (SSSR count). The molecule has 28 heavy (non-hydrogen) atoms. The van der Waals surface area contributed by atoms with Crippen LogP contribution < -0.4 is 10.6 Å². The Morgan fingerprint density at radius 3 is 2.36 bits per heavy atom. The van der Waals surface area contributed by atoms with E-state index in [0.29, 0.717) is 35.1 Å². The monoisotopic (exact) mass is 421 g/mol. The zero-order valence-corrected chi connectivity index (χ0v) is 17.3. The van der Waals surface area contributed by atoms with Gasteiger partial charge in [0.05, 0.1) is 11.4 Å². The maximum Gasteiger partial charge on any atom is 0.243 e. The largest absolute Gasteiger partial charge is 0.376 e. The molecule has 0 aliphatic carbocycles. The zero-order valence-electron chi connectivity index (χ0n) is 15.7. The first-order chi connectivity index (χ1) is 13.4. The topological polar surface area (TPSA) is 78.5 Å². The van der Waals surface area contributed by atoms with Crippen molar-refractivity contribution in [2.75, 3.05) is 30.3 Å². The number of rotatable bonds is 6. The van der Waals surface area contributed by atoms with Gasteiger partial charge in [0.25, 0.3) is 0 Å². The average molecular weight is 422 g/mol. The van der Waals surface area contributed by atoms with Gasteiger partial charge in [0.15, 0.2) is 0 Å². The third kappa shape index (κ3) is 5.04. The molecule has 2 N–H and O–H groups in total. The lowest BCUT2D eigenvalue weighted by atomic mass is 10.2. The molecule has 1 aliphatic rings. The number of halogens is 1. The summed E-state index contributed by atoms with van der Waals surface area (Å²) >= 11 is 5.83. The van der Waals surface area contributed by atoms with Gasteiger partial charge in [-0.25, -0.2) is 8.42 Å². The summed E-state index contributed by atoms with van der Waals surface area (Å²) in [4.78, 5) is 12.4. The molecule has 0 spiro atoms. The lowest BCUT2D eigenvalue weighted by molar-refractivity contribution is -0.114. The van der Waals surface area contributed by atoms with Crippen molar-refractivity contribution in [3.63, 3.8) is 0 Å². The van der Waals surface area contributed by atoms with Crippen LogP contribution in [0.1, 0.15) is 24.8 Å². The third-order valence-corrected chi connectivity index (χ3v) is 6.99. The van der Waals surface area contributed by atoms with Crippen molar-refractivity contribution < 1.29 is 13.2 Å².